The molecule has 1 rings (SSSR count). The third kappa shape index (κ3) is 5.71. The molecule has 2 heteroatoms. The predicted octanol–water partition coefficient (Wildman–Crippen LogP) is 4.00. The molecule has 18 heavy (non-hydrogen) atoms. The van der Waals surface area contributed by atoms with E-state index >= 15 is 0 Å². The molecule has 3 unspecified atom stereocenters. The predicted molar refractivity (Wildman–Crippen MR) is 78.9 cm³/mol. The van der Waals surface area contributed by atoms with E-state index in [0.717, 1.165) is 44.1 Å². The van der Waals surface area contributed by atoms with Gasteiger partial charge in [0.2, 0.25) is 0 Å². The average Bonchev–Trinajstić information content (AvgIpc) is 2.38. The molecular formula is C16H33NO. The van der Waals surface area contributed by atoms with Crippen LogP contribution in [0.15, 0.2) is 0 Å². The van der Waals surface area contributed by atoms with Gasteiger partial charge in [-0.3, -0.25) is 0 Å². The Balaban J connectivity index is 2.34. The summed E-state index contributed by atoms with van der Waals surface area (Å²) in [5.41, 5.74) is 0. The van der Waals surface area contributed by atoms with Crippen LogP contribution in [0.3, 0.4) is 0 Å². The Morgan fingerprint density at radius 3 is 2.50 bits per heavy atom. The minimum atomic E-state index is 0.744. The molecule has 1 saturated carbocycles. The number of hydrogen-bond donors (Lipinski definition) is 1. The first-order chi connectivity index (χ1) is 8.81. The van der Waals surface area contributed by atoms with Gasteiger partial charge in [0.1, 0.15) is 0 Å². The number of rotatable bonds is 9. The van der Waals surface area contributed by atoms with E-state index < -0.39 is 0 Å². The third-order valence-corrected chi connectivity index (χ3v) is 4.24. The molecule has 0 aromatic carbocycles. The van der Waals surface area contributed by atoms with Crippen molar-refractivity contribution >= 4 is 0 Å². The lowest BCUT2D eigenvalue weighted by atomic mass is 9.75. The molecule has 0 heterocycles. The lowest BCUT2D eigenvalue weighted by Crippen LogP contribution is -2.41. The molecule has 0 radical (unpaired) electrons. The molecule has 0 bridgehead atoms. The molecule has 0 spiro atoms. The summed E-state index contributed by atoms with van der Waals surface area (Å²) in [5.74, 6) is 1.81. The van der Waals surface area contributed by atoms with Crippen molar-refractivity contribution in [3.05, 3.63) is 0 Å². The molecule has 3 atom stereocenters. The largest absolute Gasteiger partial charge is 0.381 e. The van der Waals surface area contributed by atoms with Crippen molar-refractivity contribution in [2.24, 2.45) is 11.8 Å². The molecule has 0 aliphatic heterocycles. The number of ether oxygens (including phenoxy) is 1. The van der Waals surface area contributed by atoms with Gasteiger partial charge in [-0.1, -0.05) is 33.6 Å². The maximum atomic E-state index is 5.68. The second kappa shape index (κ2) is 9.80. The molecule has 2 nitrogen and oxygen atoms in total. The maximum Gasteiger partial charge on any atom is 0.0469 e. The van der Waals surface area contributed by atoms with Crippen LogP contribution in [0.4, 0.5) is 0 Å². The topological polar surface area (TPSA) is 21.3 Å². The van der Waals surface area contributed by atoms with E-state index in [-0.39, 0.29) is 0 Å². The molecule has 1 fully saturated rings. The highest BCUT2D eigenvalue weighted by Crippen LogP contribution is 2.34. The molecule has 0 saturated heterocycles. The minimum Gasteiger partial charge on any atom is -0.381 e. The van der Waals surface area contributed by atoms with Crippen LogP contribution in [0, 0.1) is 11.8 Å². The van der Waals surface area contributed by atoms with E-state index in [4.69, 9.17) is 4.74 Å². The van der Waals surface area contributed by atoms with Gasteiger partial charge in [-0.2, -0.15) is 0 Å². The number of nitrogens with one attached hydrogen (secondary N) is 1. The summed E-state index contributed by atoms with van der Waals surface area (Å²) in [7, 11) is 0. The Hall–Kier alpha value is -0.0800. The van der Waals surface area contributed by atoms with Crippen molar-refractivity contribution in [3.63, 3.8) is 0 Å². The first-order valence-corrected chi connectivity index (χ1v) is 8.12. The molecule has 0 aromatic heterocycles. The zero-order chi connectivity index (χ0) is 13.2. The van der Waals surface area contributed by atoms with E-state index in [1.807, 2.05) is 0 Å². The lowest BCUT2D eigenvalue weighted by molar-refractivity contribution is 0.0955. The zero-order valence-electron chi connectivity index (χ0n) is 12.7. The smallest absolute Gasteiger partial charge is 0.0469 e. The van der Waals surface area contributed by atoms with Crippen molar-refractivity contribution in [1.29, 1.82) is 0 Å². The molecule has 0 aromatic rings. The monoisotopic (exact) mass is 255 g/mol. The SMILES string of the molecule is CCCOCCC1CC(CCC)CCC1NCC. The Morgan fingerprint density at radius 2 is 1.83 bits per heavy atom. The molecule has 1 N–H and O–H groups in total. The highest BCUT2D eigenvalue weighted by atomic mass is 16.5. The fraction of sp³-hybridized carbons (Fsp3) is 1.00. The van der Waals surface area contributed by atoms with Gasteiger partial charge < -0.3 is 10.1 Å². The third-order valence-electron chi connectivity index (χ3n) is 4.24. The highest BCUT2D eigenvalue weighted by molar-refractivity contribution is 4.84. The molecule has 0 amide bonds. The first kappa shape index (κ1) is 16.0. The van der Waals surface area contributed by atoms with Crippen LogP contribution in [-0.4, -0.2) is 25.8 Å². The molecular weight excluding hydrogens is 222 g/mol. The summed E-state index contributed by atoms with van der Waals surface area (Å²) < 4.78 is 5.68. The van der Waals surface area contributed by atoms with E-state index in [9.17, 15) is 0 Å². The van der Waals surface area contributed by atoms with Gasteiger partial charge >= 0.3 is 0 Å². The van der Waals surface area contributed by atoms with Crippen molar-refractivity contribution in [2.75, 3.05) is 19.8 Å². The van der Waals surface area contributed by atoms with Crippen molar-refractivity contribution in [1.82, 2.24) is 5.32 Å². The summed E-state index contributed by atoms with van der Waals surface area (Å²) in [6.45, 7) is 9.71. The van der Waals surface area contributed by atoms with Crippen LogP contribution in [0.2, 0.25) is 0 Å². The Bertz CT molecular complexity index is 196. The van der Waals surface area contributed by atoms with Gasteiger partial charge in [-0.25, -0.2) is 0 Å². The Kier molecular flexibility index (Phi) is 8.70. The maximum absolute atomic E-state index is 5.68. The van der Waals surface area contributed by atoms with Crippen LogP contribution in [-0.2, 0) is 4.74 Å². The van der Waals surface area contributed by atoms with E-state index in [2.05, 4.69) is 26.1 Å². The van der Waals surface area contributed by atoms with E-state index in [1.165, 1.54) is 38.5 Å². The van der Waals surface area contributed by atoms with Crippen LogP contribution in [0.5, 0.6) is 0 Å². The summed E-state index contributed by atoms with van der Waals surface area (Å²) in [4.78, 5) is 0. The molecule has 1 aliphatic rings. The normalized spacial score (nSPS) is 28.5. The van der Waals surface area contributed by atoms with Gasteiger partial charge in [-0.15, -0.1) is 0 Å². The summed E-state index contributed by atoms with van der Waals surface area (Å²) in [6.07, 6.45) is 9.37. The standard InChI is InChI=1S/C16H33NO/c1-4-7-14-8-9-16(17-6-3)15(13-14)10-12-18-11-5-2/h14-17H,4-13H2,1-3H3. The van der Waals surface area contributed by atoms with Gasteiger partial charge in [0.05, 0.1) is 0 Å². The highest BCUT2D eigenvalue weighted by Gasteiger charge is 2.29. The quantitative estimate of drug-likeness (QED) is 0.629. The fourth-order valence-corrected chi connectivity index (χ4v) is 3.36. The zero-order valence-corrected chi connectivity index (χ0v) is 12.7. The van der Waals surface area contributed by atoms with Crippen LogP contribution in [0.1, 0.15) is 65.7 Å². The second-order valence-corrected chi connectivity index (χ2v) is 5.79. The minimum absolute atomic E-state index is 0.744. The van der Waals surface area contributed by atoms with Crippen molar-refractivity contribution in [3.8, 4) is 0 Å². The summed E-state index contributed by atoms with van der Waals surface area (Å²) in [5, 5.41) is 3.68. The molecule has 1 aliphatic carbocycles. The Labute approximate surface area is 114 Å². The van der Waals surface area contributed by atoms with E-state index in [0.29, 0.717) is 0 Å². The first-order valence-electron chi connectivity index (χ1n) is 8.12. The summed E-state index contributed by atoms with van der Waals surface area (Å²) in [6, 6.07) is 0.744. The van der Waals surface area contributed by atoms with Gasteiger partial charge in [-0.05, 0) is 50.5 Å². The van der Waals surface area contributed by atoms with Gasteiger partial charge in [0, 0.05) is 19.3 Å². The lowest BCUT2D eigenvalue weighted by Gasteiger charge is -2.36. The Morgan fingerprint density at radius 1 is 1.00 bits per heavy atom. The van der Waals surface area contributed by atoms with Gasteiger partial charge in [0.15, 0.2) is 0 Å². The van der Waals surface area contributed by atoms with Crippen LogP contribution in [0.25, 0.3) is 0 Å². The van der Waals surface area contributed by atoms with Crippen molar-refractivity contribution < 1.29 is 4.74 Å². The van der Waals surface area contributed by atoms with Gasteiger partial charge in [0.25, 0.3) is 0 Å². The van der Waals surface area contributed by atoms with Crippen molar-refractivity contribution in [2.45, 2.75) is 71.8 Å². The average molecular weight is 255 g/mol. The second-order valence-electron chi connectivity index (χ2n) is 5.79. The van der Waals surface area contributed by atoms with E-state index in [1.54, 1.807) is 0 Å². The molecule has 108 valence electrons. The van der Waals surface area contributed by atoms with Crippen LogP contribution < -0.4 is 5.32 Å². The van der Waals surface area contributed by atoms with Crippen LogP contribution >= 0.6 is 0 Å². The number of hydrogen-bond acceptors (Lipinski definition) is 2. The summed E-state index contributed by atoms with van der Waals surface area (Å²) >= 11 is 0. The fourth-order valence-electron chi connectivity index (χ4n) is 3.36.